The summed E-state index contributed by atoms with van der Waals surface area (Å²) in [4.78, 5) is 22.1. The first-order valence-corrected chi connectivity index (χ1v) is 10.6. The number of hydrogen-bond donors (Lipinski definition) is 0. The Bertz CT molecular complexity index is 1130. The quantitative estimate of drug-likeness (QED) is 0.609. The van der Waals surface area contributed by atoms with E-state index in [4.69, 9.17) is 14.5 Å². The molecule has 0 aliphatic carbocycles. The molecule has 0 N–H and O–H groups in total. The zero-order valence-electron chi connectivity index (χ0n) is 18.7. The number of nitrogens with zero attached hydrogens (tertiary/aromatic N) is 4. The van der Waals surface area contributed by atoms with Crippen molar-refractivity contribution in [1.82, 2.24) is 19.2 Å². The van der Waals surface area contributed by atoms with Crippen molar-refractivity contribution in [2.45, 2.75) is 26.9 Å². The van der Waals surface area contributed by atoms with Crippen LogP contribution in [0.15, 0.2) is 41.2 Å². The number of benzene rings is 1. The van der Waals surface area contributed by atoms with Gasteiger partial charge in [-0.05, 0) is 49.2 Å². The molecule has 0 atom stereocenters. The molecule has 164 valence electrons. The highest BCUT2D eigenvalue weighted by Gasteiger charge is 2.19. The second-order valence-electron chi connectivity index (χ2n) is 8.13. The van der Waals surface area contributed by atoms with E-state index in [2.05, 4.69) is 22.8 Å². The van der Waals surface area contributed by atoms with Crippen LogP contribution in [0.1, 0.15) is 22.5 Å². The Morgan fingerprint density at radius 2 is 1.55 bits per heavy atom. The van der Waals surface area contributed by atoms with Crippen LogP contribution >= 0.6 is 0 Å². The van der Waals surface area contributed by atoms with Gasteiger partial charge in [0, 0.05) is 51.0 Å². The number of pyridine rings is 1. The predicted molar refractivity (Wildman–Crippen MR) is 121 cm³/mol. The average molecular weight is 423 g/mol. The van der Waals surface area contributed by atoms with E-state index in [1.807, 2.05) is 31.2 Å². The Hall–Kier alpha value is -2.90. The lowest BCUT2D eigenvalue weighted by Crippen LogP contribution is -2.45. The molecule has 0 saturated carbocycles. The summed E-state index contributed by atoms with van der Waals surface area (Å²) in [5, 5.41) is 0. The van der Waals surface area contributed by atoms with Gasteiger partial charge in [0.05, 0.1) is 19.9 Å². The van der Waals surface area contributed by atoms with Gasteiger partial charge in [-0.2, -0.15) is 0 Å². The zero-order chi connectivity index (χ0) is 22.0. The number of ether oxygens (including phenoxy) is 2. The highest BCUT2D eigenvalue weighted by atomic mass is 16.5. The van der Waals surface area contributed by atoms with Crippen LogP contribution in [0.4, 0.5) is 0 Å². The van der Waals surface area contributed by atoms with Gasteiger partial charge in [-0.25, -0.2) is 4.98 Å². The first kappa shape index (κ1) is 21.3. The van der Waals surface area contributed by atoms with Crippen molar-refractivity contribution < 1.29 is 9.47 Å². The Kier molecular flexibility index (Phi) is 6.25. The van der Waals surface area contributed by atoms with Crippen molar-refractivity contribution in [3.63, 3.8) is 0 Å². The van der Waals surface area contributed by atoms with Gasteiger partial charge in [0.15, 0.2) is 11.5 Å². The van der Waals surface area contributed by atoms with Crippen LogP contribution in [0.25, 0.3) is 5.65 Å². The fraction of sp³-hybridized carbons (Fsp3) is 0.417. The average Bonchev–Trinajstić information content (AvgIpc) is 2.76. The number of methoxy groups -OCH3 is 2. The third kappa shape index (κ3) is 4.57. The molecule has 1 saturated heterocycles. The fourth-order valence-corrected chi connectivity index (χ4v) is 4.21. The molecule has 1 aliphatic heterocycles. The second kappa shape index (κ2) is 9.08. The molecule has 7 nitrogen and oxygen atoms in total. The van der Waals surface area contributed by atoms with Crippen molar-refractivity contribution in [3.05, 3.63) is 69.3 Å². The van der Waals surface area contributed by atoms with Gasteiger partial charge in [-0.3, -0.25) is 19.0 Å². The summed E-state index contributed by atoms with van der Waals surface area (Å²) in [5.41, 5.74) is 4.90. The number of fused-ring (bicyclic) bond motifs is 1. The van der Waals surface area contributed by atoms with E-state index >= 15 is 0 Å². The van der Waals surface area contributed by atoms with Gasteiger partial charge in [0.2, 0.25) is 0 Å². The molecule has 1 aromatic carbocycles. The van der Waals surface area contributed by atoms with Gasteiger partial charge < -0.3 is 9.47 Å². The zero-order valence-corrected chi connectivity index (χ0v) is 18.7. The van der Waals surface area contributed by atoms with E-state index in [1.165, 1.54) is 11.1 Å². The maximum Gasteiger partial charge on any atom is 0.258 e. The van der Waals surface area contributed by atoms with E-state index in [0.717, 1.165) is 55.6 Å². The number of aryl methyl sites for hydroxylation is 2. The summed E-state index contributed by atoms with van der Waals surface area (Å²) >= 11 is 0. The van der Waals surface area contributed by atoms with E-state index in [-0.39, 0.29) is 5.56 Å². The maximum absolute atomic E-state index is 12.5. The van der Waals surface area contributed by atoms with Crippen LogP contribution in [0.2, 0.25) is 0 Å². The Morgan fingerprint density at radius 1 is 0.903 bits per heavy atom. The van der Waals surface area contributed by atoms with Crippen molar-refractivity contribution >= 4 is 5.65 Å². The third-order valence-corrected chi connectivity index (χ3v) is 6.02. The first-order valence-electron chi connectivity index (χ1n) is 10.6. The molecular formula is C24H30N4O3. The Morgan fingerprint density at radius 3 is 2.23 bits per heavy atom. The van der Waals surface area contributed by atoms with Crippen LogP contribution in [-0.2, 0) is 13.1 Å². The van der Waals surface area contributed by atoms with Crippen molar-refractivity contribution in [3.8, 4) is 11.5 Å². The molecule has 0 bridgehead atoms. The van der Waals surface area contributed by atoms with E-state index in [9.17, 15) is 4.79 Å². The summed E-state index contributed by atoms with van der Waals surface area (Å²) in [6, 6.07) is 11.5. The minimum Gasteiger partial charge on any atom is -0.493 e. The monoisotopic (exact) mass is 422 g/mol. The van der Waals surface area contributed by atoms with Crippen LogP contribution in [0.5, 0.6) is 11.5 Å². The van der Waals surface area contributed by atoms with Gasteiger partial charge in [0.1, 0.15) is 5.65 Å². The van der Waals surface area contributed by atoms with Gasteiger partial charge in [-0.1, -0.05) is 6.07 Å². The smallest absolute Gasteiger partial charge is 0.258 e. The van der Waals surface area contributed by atoms with Crippen molar-refractivity contribution in [1.29, 1.82) is 0 Å². The number of piperazine rings is 1. The fourth-order valence-electron chi connectivity index (χ4n) is 4.21. The van der Waals surface area contributed by atoms with Gasteiger partial charge in [-0.15, -0.1) is 0 Å². The molecule has 0 unspecified atom stereocenters. The highest BCUT2D eigenvalue weighted by molar-refractivity contribution is 5.47. The summed E-state index contributed by atoms with van der Waals surface area (Å²) < 4.78 is 12.5. The highest BCUT2D eigenvalue weighted by Crippen LogP contribution is 2.31. The van der Waals surface area contributed by atoms with Crippen molar-refractivity contribution in [2.75, 3.05) is 40.4 Å². The lowest BCUT2D eigenvalue weighted by atomic mass is 10.1. The van der Waals surface area contributed by atoms with Crippen LogP contribution in [-0.4, -0.2) is 59.6 Å². The molecule has 4 rings (SSSR count). The third-order valence-electron chi connectivity index (χ3n) is 6.02. The molecule has 3 aromatic rings. The molecule has 0 radical (unpaired) electrons. The van der Waals surface area contributed by atoms with Gasteiger partial charge >= 0.3 is 0 Å². The Balaban J connectivity index is 1.40. The SMILES string of the molecule is COc1cc(C)c(CN2CCN(Cc3cc(=O)n4c(C)cccc4n3)CC2)cc1OC. The normalized spacial score (nSPS) is 15.4. The maximum atomic E-state index is 12.5. The van der Waals surface area contributed by atoms with Crippen LogP contribution in [0.3, 0.4) is 0 Å². The van der Waals surface area contributed by atoms with Crippen molar-refractivity contribution in [2.24, 2.45) is 0 Å². The predicted octanol–water partition coefficient (Wildman–Crippen LogP) is 2.65. The molecule has 3 heterocycles. The van der Waals surface area contributed by atoms with Crippen LogP contribution < -0.4 is 15.0 Å². The Labute approximate surface area is 182 Å². The number of hydrogen-bond acceptors (Lipinski definition) is 6. The summed E-state index contributed by atoms with van der Waals surface area (Å²) in [6.45, 7) is 9.45. The topological polar surface area (TPSA) is 59.3 Å². The van der Waals surface area contributed by atoms with E-state index < -0.39 is 0 Å². The van der Waals surface area contributed by atoms with Crippen LogP contribution in [0, 0.1) is 13.8 Å². The molecule has 0 spiro atoms. The minimum absolute atomic E-state index is 0.0133. The largest absolute Gasteiger partial charge is 0.493 e. The molecule has 7 heteroatoms. The standard InChI is InChI=1S/C24H30N4O3/c1-17-12-21(30-3)22(31-4)13-19(17)15-26-8-10-27(11-9-26)16-20-14-24(29)28-18(2)6-5-7-23(28)25-20/h5-7,12-14H,8-11,15-16H2,1-4H3. The second-order valence-corrected chi connectivity index (χ2v) is 8.13. The molecular weight excluding hydrogens is 392 g/mol. The first-order chi connectivity index (χ1) is 15.0. The van der Waals surface area contributed by atoms with E-state index in [1.54, 1.807) is 24.7 Å². The van der Waals surface area contributed by atoms with Gasteiger partial charge in [0.25, 0.3) is 5.56 Å². The minimum atomic E-state index is -0.0133. The summed E-state index contributed by atoms with van der Waals surface area (Å²) in [5.74, 6) is 1.54. The molecule has 2 aromatic heterocycles. The number of aromatic nitrogens is 2. The summed E-state index contributed by atoms with van der Waals surface area (Å²) in [6.07, 6.45) is 0. The lowest BCUT2D eigenvalue weighted by molar-refractivity contribution is 0.121. The molecule has 1 fully saturated rings. The molecule has 0 amide bonds. The summed E-state index contributed by atoms with van der Waals surface area (Å²) in [7, 11) is 3.33. The lowest BCUT2D eigenvalue weighted by Gasteiger charge is -2.34. The number of rotatable bonds is 6. The molecule has 31 heavy (non-hydrogen) atoms. The molecule has 1 aliphatic rings. The van der Waals surface area contributed by atoms with E-state index in [0.29, 0.717) is 12.2 Å².